The molecule has 2 N–H and O–H groups in total. The molecule has 5 nitrogen and oxygen atoms in total. The molecule has 0 aliphatic carbocycles. The molecule has 0 spiro atoms. The van der Waals surface area contributed by atoms with E-state index in [4.69, 9.17) is 0 Å². The number of unbranched alkanes of at least 4 members (excludes halogenated alkanes) is 5. The molecule has 1 saturated heterocycles. The topological polar surface area (TPSA) is 61.4 Å². The number of amides is 2. The molecule has 1 fully saturated rings. The van der Waals surface area contributed by atoms with E-state index in [-0.39, 0.29) is 11.8 Å². The number of hydrogen-bond acceptors (Lipinski definition) is 3. The normalized spacial score (nSPS) is 14.1. The molecular formula is C29H41N3O2. The maximum absolute atomic E-state index is 13.2. The van der Waals surface area contributed by atoms with E-state index in [1.54, 1.807) is 0 Å². The lowest BCUT2D eigenvalue weighted by molar-refractivity contribution is -0.116. The van der Waals surface area contributed by atoms with Gasteiger partial charge in [-0.15, -0.1) is 0 Å². The van der Waals surface area contributed by atoms with E-state index in [1.807, 2.05) is 48.5 Å². The minimum atomic E-state index is -0.107. The van der Waals surface area contributed by atoms with Crippen LogP contribution in [0.1, 0.15) is 87.6 Å². The molecule has 1 aliphatic heterocycles. The van der Waals surface area contributed by atoms with Crippen LogP contribution < -0.4 is 15.5 Å². The highest BCUT2D eigenvalue weighted by atomic mass is 16.2. The van der Waals surface area contributed by atoms with Gasteiger partial charge < -0.3 is 15.5 Å². The molecule has 2 aromatic carbocycles. The van der Waals surface area contributed by atoms with Crippen LogP contribution in [0.3, 0.4) is 0 Å². The molecule has 0 saturated carbocycles. The fraction of sp³-hybridized carbons (Fsp3) is 0.517. The second-order valence-corrected chi connectivity index (χ2v) is 9.64. The molecule has 5 heteroatoms. The van der Waals surface area contributed by atoms with Crippen LogP contribution in [0.2, 0.25) is 0 Å². The van der Waals surface area contributed by atoms with E-state index in [9.17, 15) is 9.59 Å². The summed E-state index contributed by atoms with van der Waals surface area (Å²) in [6.07, 6.45) is 9.71. The van der Waals surface area contributed by atoms with E-state index >= 15 is 0 Å². The van der Waals surface area contributed by atoms with Crippen LogP contribution in [0, 0.1) is 5.92 Å². The van der Waals surface area contributed by atoms with E-state index in [2.05, 4.69) is 29.4 Å². The predicted octanol–water partition coefficient (Wildman–Crippen LogP) is 6.54. The lowest BCUT2D eigenvalue weighted by Gasteiger charge is -2.33. The van der Waals surface area contributed by atoms with Crippen molar-refractivity contribution in [2.45, 2.75) is 78.2 Å². The quantitative estimate of drug-likeness (QED) is 0.351. The zero-order valence-electron chi connectivity index (χ0n) is 20.9. The molecule has 184 valence electrons. The molecule has 2 amide bonds. The molecule has 1 heterocycles. The minimum Gasteiger partial charge on any atom is -0.371 e. The van der Waals surface area contributed by atoms with Gasteiger partial charge in [0.05, 0.1) is 5.56 Å². The third-order valence-electron chi connectivity index (χ3n) is 6.70. The summed E-state index contributed by atoms with van der Waals surface area (Å²) in [6.45, 7) is 6.87. The van der Waals surface area contributed by atoms with Crippen molar-refractivity contribution >= 4 is 23.2 Å². The minimum absolute atomic E-state index is 0.0192. The van der Waals surface area contributed by atoms with Crippen LogP contribution in [0.4, 0.5) is 11.4 Å². The number of nitrogens with zero attached hydrogens (tertiary/aromatic N) is 1. The third kappa shape index (κ3) is 8.19. The van der Waals surface area contributed by atoms with Crippen LogP contribution >= 0.6 is 0 Å². The van der Waals surface area contributed by atoms with Crippen molar-refractivity contribution in [3.63, 3.8) is 0 Å². The maximum atomic E-state index is 13.2. The van der Waals surface area contributed by atoms with Crippen molar-refractivity contribution in [1.29, 1.82) is 0 Å². The molecule has 0 atom stereocenters. The Bertz CT molecular complexity index is 905. The van der Waals surface area contributed by atoms with Gasteiger partial charge in [0.25, 0.3) is 5.91 Å². The van der Waals surface area contributed by atoms with Crippen molar-refractivity contribution in [2.75, 3.05) is 23.3 Å². The van der Waals surface area contributed by atoms with Crippen LogP contribution in [0.15, 0.2) is 48.5 Å². The van der Waals surface area contributed by atoms with Gasteiger partial charge in [-0.2, -0.15) is 0 Å². The summed E-state index contributed by atoms with van der Waals surface area (Å²) in [6, 6.07) is 15.7. The molecular weight excluding hydrogens is 422 g/mol. The zero-order chi connectivity index (χ0) is 24.2. The first-order chi connectivity index (χ1) is 16.6. The van der Waals surface area contributed by atoms with Gasteiger partial charge in [0.1, 0.15) is 0 Å². The standard InChI is InChI=1S/C29H41N3O2/c1-3-4-5-6-7-11-14-28(33)31-25-15-16-27(32-19-17-23(2)18-20-32)26(21-25)29(34)30-22-24-12-9-8-10-13-24/h8-10,12-13,15-16,21,23H,3-7,11,14,17-20,22H2,1-2H3,(H,30,34)(H,31,33). The number of carbonyl (C=O) groups excluding carboxylic acids is 2. The molecule has 1 aliphatic rings. The summed E-state index contributed by atoms with van der Waals surface area (Å²) in [5, 5.41) is 6.08. The SMILES string of the molecule is CCCCCCCCC(=O)Nc1ccc(N2CCC(C)CC2)c(C(=O)NCc2ccccc2)c1. The number of rotatable bonds is 12. The van der Waals surface area contributed by atoms with Gasteiger partial charge in [0.15, 0.2) is 0 Å². The molecule has 3 rings (SSSR count). The van der Waals surface area contributed by atoms with Gasteiger partial charge in [-0.25, -0.2) is 0 Å². The Labute approximate surface area is 205 Å². The number of benzene rings is 2. The number of nitrogens with one attached hydrogen (secondary N) is 2. The first-order valence-electron chi connectivity index (χ1n) is 13.1. The summed E-state index contributed by atoms with van der Waals surface area (Å²) in [7, 11) is 0. The third-order valence-corrected chi connectivity index (χ3v) is 6.70. The van der Waals surface area contributed by atoms with Gasteiger partial charge in [-0.3, -0.25) is 9.59 Å². The lowest BCUT2D eigenvalue weighted by atomic mass is 9.97. The fourth-order valence-corrected chi connectivity index (χ4v) is 4.48. The fourth-order valence-electron chi connectivity index (χ4n) is 4.48. The Hall–Kier alpha value is -2.82. The van der Waals surface area contributed by atoms with Gasteiger partial charge in [0, 0.05) is 37.4 Å². The number of piperidine rings is 1. The van der Waals surface area contributed by atoms with E-state index < -0.39 is 0 Å². The van der Waals surface area contributed by atoms with Crippen LogP contribution in [0.5, 0.6) is 0 Å². The average molecular weight is 464 g/mol. The smallest absolute Gasteiger partial charge is 0.253 e. The Balaban J connectivity index is 1.65. The summed E-state index contributed by atoms with van der Waals surface area (Å²) in [5.74, 6) is 0.627. The second-order valence-electron chi connectivity index (χ2n) is 9.64. The van der Waals surface area contributed by atoms with E-state index in [0.29, 0.717) is 30.1 Å². The highest BCUT2D eigenvalue weighted by Gasteiger charge is 2.22. The zero-order valence-corrected chi connectivity index (χ0v) is 20.9. The van der Waals surface area contributed by atoms with Gasteiger partial charge >= 0.3 is 0 Å². The Morgan fingerprint density at radius 1 is 0.941 bits per heavy atom. The summed E-state index contributed by atoms with van der Waals surface area (Å²) in [4.78, 5) is 28.0. The molecule has 0 radical (unpaired) electrons. The first kappa shape index (κ1) is 25.8. The molecule has 2 aromatic rings. The van der Waals surface area contributed by atoms with Crippen molar-refractivity contribution in [3.8, 4) is 0 Å². The van der Waals surface area contributed by atoms with E-state index in [1.165, 1.54) is 25.7 Å². The maximum Gasteiger partial charge on any atom is 0.253 e. The summed E-state index contributed by atoms with van der Waals surface area (Å²) >= 11 is 0. The average Bonchev–Trinajstić information content (AvgIpc) is 2.86. The highest BCUT2D eigenvalue weighted by Crippen LogP contribution is 2.29. The number of carbonyl (C=O) groups is 2. The molecule has 34 heavy (non-hydrogen) atoms. The Morgan fingerprint density at radius 3 is 2.38 bits per heavy atom. The molecule has 0 unspecified atom stereocenters. The Kier molecular flexibility index (Phi) is 10.5. The van der Waals surface area contributed by atoms with Crippen LogP contribution in [-0.4, -0.2) is 24.9 Å². The van der Waals surface area contributed by atoms with Crippen molar-refractivity contribution in [1.82, 2.24) is 5.32 Å². The van der Waals surface area contributed by atoms with Gasteiger partial charge in [-0.1, -0.05) is 76.3 Å². The summed E-state index contributed by atoms with van der Waals surface area (Å²) in [5.41, 5.74) is 3.33. The number of anilines is 2. The van der Waals surface area contributed by atoms with Crippen molar-refractivity contribution in [3.05, 3.63) is 59.7 Å². The summed E-state index contributed by atoms with van der Waals surface area (Å²) < 4.78 is 0. The van der Waals surface area contributed by atoms with E-state index in [0.717, 1.165) is 50.0 Å². The van der Waals surface area contributed by atoms with Crippen molar-refractivity contribution in [2.24, 2.45) is 5.92 Å². The monoisotopic (exact) mass is 463 g/mol. The highest BCUT2D eigenvalue weighted by molar-refractivity contribution is 6.02. The Morgan fingerprint density at radius 2 is 1.65 bits per heavy atom. The second kappa shape index (κ2) is 13.8. The largest absolute Gasteiger partial charge is 0.371 e. The molecule has 0 aromatic heterocycles. The van der Waals surface area contributed by atoms with Crippen molar-refractivity contribution < 1.29 is 9.59 Å². The number of hydrogen-bond donors (Lipinski definition) is 2. The predicted molar refractivity (Wildman–Crippen MR) is 141 cm³/mol. The lowest BCUT2D eigenvalue weighted by Crippen LogP contribution is -2.35. The molecule has 0 bridgehead atoms. The first-order valence-corrected chi connectivity index (χ1v) is 13.1. The van der Waals surface area contributed by atoms with Crippen LogP contribution in [0.25, 0.3) is 0 Å². The van der Waals surface area contributed by atoms with Gasteiger partial charge in [-0.05, 0) is 48.9 Å². The van der Waals surface area contributed by atoms with Crippen LogP contribution in [-0.2, 0) is 11.3 Å². The van der Waals surface area contributed by atoms with Gasteiger partial charge in [0.2, 0.25) is 5.91 Å².